The molecule has 1 fully saturated rings. The average Bonchev–Trinajstić information content (AvgIpc) is 3.03. The van der Waals surface area contributed by atoms with Gasteiger partial charge in [-0.25, -0.2) is 0 Å². The molecule has 1 saturated heterocycles. The molecule has 6 heteroatoms. The Morgan fingerprint density at radius 3 is 2.52 bits per heavy atom. The summed E-state index contributed by atoms with van der Waals surface area (Å²) in [6.45, 7) is 2.02. The lowest BCUT2D eigenvalue weighted by Gasteiger charge is -2.24. The molecule has 0 saturated carbocycles. The first kappa shape index (κ1) is 19.5. The van der Waals surface area contributed by atoms with E-state index >= 15 is 0 Å². The van der Waals surface area contributed by atoms with Crippen LogP contribution < -0.4 is 5.32 Å². The van der Waals surface area contributed by atoms with Crippen molar-refractivity contribution in [1.82, 2.24) is 15.1 Å². The number of rotatable bonds is 7. The number of nitrogens with zero attached hydrogens (tertiary/aromatic N) is 2. The Bertz CT molecular complexity index is 778. The third-order valence-corrected chi connectivity index (χ3v) is 5.72. The summed E-state index contributed by atoms with van der Waals surface area (Å²) in [5, 5.41) is 2.91. The molecule has 0 radical (unpaired) electrons. The number of nitrogens with one attached hydrogen (secondary N) is 1. The average molecular weight is 384 g/mol. The molecule has 1 heterocycles. The highest BCUT2D eigenvalue weighted by Crippen LogP contribution is 2.39. The summed E-state index contributed by atoms with van der Waals surface area (Å²) in [7, 11) is 3.95. The fourth-order valence-electron chi connectivity index (χ4n) is 2.98. The van der Waals surface area contributed by atoms with Gasteiger partial charge >= 0.3 is 0 Å². The lowest BCUT2D eigenvalue weighted by molar-refractivity contribution is -0.128. The quantitative estimate of drug-likeness (QED) is 0.799. The van der Waals surface area contributed by atoms with Crippen molar-refractivity contribution in [2.75, 3.05) is 32.9 Å². The van der Waals surface area contributed by atoms with E-state index in [-0.39, 0.29) is 17.2 Å². The van der Waals surface area contributed by atoms with Gasteiger partial charge in [-0.05, 0) is 37.4 Å². The second-order valence-corrected chi connectivity index (χ2v) is 7.92. The van der Waals surface area contributed by atoms with Crippen LogP contribution in [0.2, 0.25) is 0 Å². The van der Waals surface area contributed by atoms with E-state index in [2.05, 4.69) is 5.32 Å². The molecule has 0 aromatic heterocycles. The van der Waals surface area contributed by atoms with E-state index in [9.17, 15) is 9.59 Å². The molecular formula is C21H25N3O2S. The molecule has 5 nitrogen and oxygen atoms in total. The Morgan fingerprint density at radius 1 is 1.15 bits per heavy atom. The monoisotopic (exact) mass is 383 g/mol. The Hall–Kier alpha value is -2.31. The largest absolute Gasteiger partial charge is 0.351 e. The smallest absolute Gasteiger partial charge is 0.251 e. The van der Waals surface area contributed by atoms with Crippen molar-refractivity contribution in [1.29, 1.82) is 0 Å². The molecule has 0 aliphatic carbocycles. The fourth-order valence-corrected chi connectivity index (χ4v) is 4.16. The van der Waals surface area contributed by atoms with Crippen LogP contribution >= 0.6 is 11.8 Å². The summed E-state index contributed by atoms with van der Waals surface area (Å²) in [6.07, 6.45) is 0. The van der Waals surface area contributed by atoms with Crippen LogP contribution in [-0.4, -0.2) is 54.6 Å². The first-order valence-electron chi connectivity index (χ1n) is 9.02. The van der Waals surface area contributed by atoms with Crippen LogP contribution in [0.3, 0.4) is 0 Å². The van der Waals surface area contributed by atoms with Gasteiger partial charge in [-0.15, -0.1) is 11.8 Å². The fraction of sp³-hybridized carbons (Fsp3) is 0.333. The molecule has 0 unspecified atom stereocenters. The summed E-state index contributed by atoms with van der Waals surface area (Å²) in [4.78, 5) is 28.5. The van der Waals surface area contributed by atoms with E-state index in [0.717, 1.165) is 17.7 Å². The molecule has 2 aromatic rings. The molecule has 27 heavy (non-hydrogen) atoms. The molecule has 2 aromatic carbocycles. The molecule has 1 atom stereocenters. The lowest BCUT2D eigenvalue weighted by Crippen LogP contribution is -2.31. The van der Waals surface area contributed by atoms with Crippen LogP contribution in [0.25, 0.3) is 0 Å². The summed E-state index contributed by atoms with van der Waals surface area (Å²) in [5.74, 6) is 0.573. The number of hydrogen-bond donors (Lipinski definition) is 1. The van der Waals surface area contributed by atoms with E-state index in [0.29, 0.717) is 24.4 Å². The lowest BCUT2D eigenvalue weighted by atomic mass is 10.1. The number of hydrogen-bond acceptors (Lipinski definition) is 4. The first-order chi connectivity index (χ1) is 13.0. The molecule has 1 aliphatic rings. The molecule has 142 valence electrons. The van der Waals surface area contributed by atoms with Crippen molar-refractivity contribution in [2.24, 2.45) is 0 Å². The maximum atomic E-state index is 12.3. The molecule has 1 aliphatic heterocycles. The van der Waals surface area contributed by atoms with E-state index in [1.165, 1.54) is 0 Å². The van der Waals surface area contributed by atoms with Crippen molar-refractivity contribution in [3.8, 4) is 0 Å². The number of likely N-dealkylation sites (N-methyl/N-ethyl adjacent to an activating group) is 1. The number of carbonyl (C=O) groups is 2. The van der Waals surface area contributed by atoms with E-state index in [4.69, 9.17) is 0 Å². The highest BCUT2D eigenvalue weighted by atomic mass is 32.2. The molecule has 2 amide bonds. The summed E-state index contributed by atoms with van der Waals surface area (Å²) in [5.41, 5.74) is 2.81. The van der Waals surface area contributed by atoms with Gasteiger partial charge in [-0.1, -0.05) is 42.5 Å². The zero-order valence-corrected chi connectivity index (χ0v) is 16.5. The van der Waals surface area contributed by atoms with Crippen LogP contribution in [0.4, 0.5) is 0 Å². The molecule has 3 rings (SSSR count). The Balaban J connectivity index is 1.66. The Morgan fingerprint density at radius 2 is 1.85 bits per heavy atom. The predicted molar refractivity (Wildman–Crippen MR) is 110 cm³/mol. The number of carbonyl (C=O) groups excluding carboxylic acids is 2. The highest BCUT2D eigenvalue weighted by molar-refractivity contribution is 8.00. The molecule has 1 N–H and O–H groups in total. The Kier molecular flexibility index (Phi) is 6.53. The van der Waals surface area contributed by atoms with Crippen molar-refractivity contribution >= 4 is 23.6 Å². The van der Waals surface area contributed by atoms with Gasteiger partial charge in [0.15, 0.2) is 0 Å². The minimum Gasteiger partial charge on any atom is -0.351 e. The SMILES string of the molecule is CN(C)CCNC(=O)c1ccc([C@H]2SCC(=O)N2Cc2ccccc2)cc1. The van der Waals surface area contributed by atoms with Crippen molar-refractivity contribution < 1.29 is 9.59 Å². The highest BCUT2D eigenvalue weighted by Gasteiger charge is 2.32. The maximum Gasteiger partial charge on any atom is 0.251 e. The van der Waals surface area contributed by atoms with Crippen LogP contribution in [0.15, 0.2) is 54.6 Å². The van der Waals surface area contributed by atoms with E-state index in [1.54, 1.807) is 11.8 Å². The zero-order chi connectivity index (χ0) is 19.2. The number of benzene rings is 2. The number of thioether (sulfide) groups is 1. The zero-order valence-electron chi connectivity index (χ0n) is 15.7. The van der Waals surface area contributed by atoms with E-state index in [1.807, 2.05) is 78.5 Å². The molecular weight excluding hydrogens is 358 g/mol. The maximum absolute atomic E-state index is 12.3. The van der Waals surface area contributed by atoms with Crippen LogP contribution in [0.5, 0.6) is 0 Å². The van der Waals surface area contributed by atoms with Crippen LogP contribution in [0, 0.1) is 0 Å². The second-order valence-electron chi connectivity index (χ2n) is 6.85. The van der Waals surface area contributed by atoms with Gasteiger partial charge in [0.05, 0.1) is 5.75 Å². The summed E-state index contributed by atoms with van der Waals surface area (Å²) in [6, 6.07) is 17.6. The standard InChI is InChI=1S/C21H25N3O2S/c1-23(2)13-12-22-20(26)17-8-10-18(11-9-17)21-24(19(25)15-27-21)14-16-6-4-3-5-7-16/h3-11,21H,12-15H2,1-2H3,(H,22,26)/t21-/m1/s1. The van der Waals surface area contributed by atoms with Crippen LogP contribution in [-0.2, 0) is 11.3 Å². The van der Waals surface area contributed by atoms with Gasteiger partial charge in [-0.3, -0.25) is 9.59 Å². The molecule has 0 spiro atoms. The first-order valence-corrected chi connectivity index (χ1v) is 10.1. The van der Waals surface area contributed by atoms with Gasteiger partial charge < -0.3 is 15.1 Å². The van der Waals surface area contributed by atoms with Gasteiger partial charge in [0, 0.05) is 25.2 Å². The number of amides is 2. The molecule has 0 bridgehead atoms. The van der Waals surface area contributed by atoms with Gasteiger partial charge in [0.1, 0.15) is 5.37 Å². The topological polar surface area (TPSA) is 52.7 Å². The summed E-state index contributed by atoms with van der Waals surface area (Å²) >= 11 is 1.63. The minimum atomic E-state index is -0.0697. The Labute approximate surface area is 164 Å². The van der Waals surface area contributed by atoms with Gasteiger partial charge in [0.2, 0.25) is 5.91 Å². The van der Waals surface area contributed by atoms with Crippen molar-refractivity contribution in [2.45, 2.75) is 11.9 Å². The second kappa shape index (κ2) is 9.06. The van der Waals surface area contributed by atoms with Crippen LogP contribution in [0.1, 0.15) is 26.9 Å². The minimum absolute atomic E-state index is 0.0106. The van der Waals surface area contributed by atoms with Crippen molar-refractivity contribution in [3.63, 3.8) is 0 Å². The third-order valence-electron chi connectivity index (χ3n) is 4.47. The normalized spacial score (nSPS) is 16.8. The van der Waals surface area contributed by atoms with Gasteiger partial charge in [-0.2, -0.15) is 0 Å². The van der Waals surface area contributed by atoms with Crippen molar-refractivity contribution in [3.05, 3.63) is 71.3 Å². The third kappa shape index (κ3) is 5.11. The van der Waals surface area contributed by atoms with E-state index < -0.39 is 0 Å². The van der Waals surface area contributed by atoms with Gasteiger partial charge in [0.25, 0.3) is 5.91 Å². The summed E-state index contributed by atoms with van der Waals surface area (Å²) < 4.78 is 0. The predicted octanol–water partition coefficient (Wildman–Crippen LogP) is 2.75.